The van der Waals surface area contributed by atoms with Gasteiger partial charge in [-0.15, -0.1) is 11.8 Å². The van der Waals surface area contributed by atoms with Gasteiger partial charge in [0.2, 0.25) is 100 Å². The third-order valence-corrected chi connectivity index (χ3v) is 23.3. The summed E-state index contributed by atoms with van der Waals surface area (Å²) in [4.78, 5) is 255. The van der Waals surface area contributed by atoms with E-state index in [0.29, 0.717) is 44.9 Å². The first kappa shape index (κ1) is 98.1. The lowest BCUT2D eigenvalue weighted by Gasteiger charge is -2.34. The second-order valence-corrected chi connectivity index (χ2v) is 32.3. The van der Waals surface area contributed by atoms with E-state index in [1.54, 1.807) is 67.8 Å². The lowest BCUT2D eigenvalue weighted by molar-refractivity contribution is -0.148. The van der Waals surface area contributed by atoms with Gasteiger partial charge in [0.05, 0.1) is 38.0 Å². The quantitative estimate of drug-likeness (QED) is 0.0325. The Morgan fingerprint density at radius 1 is 0.520 bits per heavy atom. The van der Waals surface area contributed by atoms with Crippen LogP contribution in [0.4, 0.5) is 0 Å². The predicted octanol–water partition coefficient (Wildman–Crippen LogP) is -6.26. The number of hydrogen-bond acceptors (Lipinski definition) is 24. The number of nitrogens with one attached hydrogen (secondary N) is 12. The number of unbranched alkanes of at least 4 members (excludes halogenated alkanes) is 1. The molecule has 5 aromatic rings. The Hall–Kier alpha value is -12.3. The number of aromatic nitrogens is 2. The van der Waals surface area contributed by atoms with Crippen molar-refractivity contribution in [3.8, 4) is 5.75 Å². The van der Waals surface area contributed by atoms with Gasteiger partial charge in [-0.25, -0.2) is 0 Å². The highest BCUT2D eigenvalue weighted by molar-refractivity contribution is 8.00. The number of rotatable bonds is 21. The van der Waals surface area contributed by atoms with Gasteiger partial charge in [0.25, 0.3) is 0 Å². The molecule has 3 saturated heterocycles. The Morgan fingerprint density at radius 3 is 1.63 bits per heavy atom. The number of nitrogens with zero attached hydrogens (tertiary/aromatic N) is 5. The first-order chi connectivity index (χ1) is 59.5. The largest absolute Gasteiger partial charge is 0.508 e. The molecule has 680 valence electrons. The molecule has 3 fully saturated rings. The second kappa shape index (κ2) is 46.4. The van der Waals surface area contributed by atoms with Gasteiger partial charge in [0.1, 0.15) is 90.3 Å². The number of nitrogens with two attached hydrogens (primary N) is 3. The molecule has 0 radical (unpaired) electrons. The molecule has 1 unspecified atom stereocenters. The van der Waals surface area contributed by atoms with Crippen molar-refractivity contribution >= 4 is 134 Å². The van der Waals surface area contributed by atoms with Crippen molar-refractivity contribution in [1.29, 1.82) is 0 Å². The summed E-state index contributed by atoms with van der Waals surface area (Å²) in [6, 6.07) is -3.26. The molecule has 3 aromatic carbocycles. The molecule has 0 bridgehead atoms. The van der Waals surface area contributed by atoms with Crippen LogP contribution in [0.5, 0.6) is 5.75 Å². The average Bonchev–Trinajstić information content (AvgIpc) is 1.80. The number of hydrogen-bond donors (Lipinski definition) is 20. The van der Waals surface area contributed by atoms with Crippen LogP contribution in [0.15, 0.2) is 85.2 Å². The van der Waals surface area contributed by atoms with Crippen LogP contribution in [0.2, 0.25) is 0 Å². The number of aromatic hydroxyl groups is 1. The number of H-pyrrole nitrogens is 2. The van der Waals surface area contributed by atoms with Crippen molar-refractivity contribution in [3.05, 3.63) is 102 Å². The van der Waals surface area contributed by atoms with Crippen LogP contribution in [0.3, 0.4) is 0 Å². The van der Waals surface area contributed by atoms with Crippen molar-refractivity contribution in [3.63, 3.8) is 0 Å². The average molecular weight is 1760 g/mol. The van der Waals surface area contributed by atoms with Crippen molar-refractivity contribution in [2.75, 3.05) is 78.6 Å². The van der Waals surface area contributed by atoms with Crippen molar-refractivity contribution < 1.29 is 107 Å². The fraction of sp³-hybridized carbons (Fsp3) is 0.524. The Kier molecular flexibility index (Phi) is 36.4. The highest BCUT2D eigenvalue weighted by Crippen LogP contribution is 2.27. The number of carbonyl (C=O) groups is 17. The molecule has 42 nitrogen and oxygen atoms in total. The molecule has 125 heavy (non-hydrogen) atoms. The zero-order valence-corrected chi connectivity index (χ0v) is 71.2. The summed E-state index contributed by atoms with van der Waals surface area (Å²) >= 11 is 0.763. The van der Waals surface area contributed by atoms with Gasteiger partial charge >= 0.3 is 0 Å². The molecule has 8 rings (SSSR count). The number of primary amides is 2. The maximum absolute atomic E-state index is 15.1. The number of likely N-dealkylation sites (N-methyl/N-ethyl adjacent to an activating group) is 3. The van der Waals surface area contributed by atoms with Crippen LogP contribution < -0.4 is 70.4 Å². The molecular formula is C82H114N20O22S. The third-order valence-electron chi connectivity index (χ3n) is 22.3. The minimum absolute atomic E-state index is 0.00830. The fourth-order valence-electron chi connectivity index (χ4n) is 15.0. The molecule has 0 spiro atoms. The van der Waals surface area contributed by atoms with Crippen LogP contribution in [-0.2, 0) is 101 Å². The van der Waals surface area contributed by atoms with E-state index in [1.165, 1.54) is 59.3 Å². The maximum atomic E-state index is 15.1. The number of phenolic OH excluding ortho intramolecular Hbond substituents is 1. The van der Waals surface area contributed by atoms with Crippen LogP contribution in [-0.4, -0.2) is 330 Å². The highest BCUT2D eigenvalue weighted by Gasteiger charge is 2.46. The summed E-state index contributed by atoms with van der Waals surface area (Å²) in [5, 5.41) is 79.9. The van der Waals surface area contributed by atoms with E-state index in [1.807, 2.05) is 0 Å². The van der Waals surface area contributed by atoms with Gasteiger partial charge in [-0.05, 0) is 99.9 Å². The van der Waals surface area contributed by atoms with Gasteiger partial charge in [-0.3, -0.25) is 81.5 Å². The number of amides is 17. The number of aliphatic hydroxyl groups excluding tert-OH is 4. The molecule has 17 amide bonds. The lowest BCUT2D eigenvalue weighted by Crippen LogP contribution is -2.61. The summed E-state index contributed by atoms with van der Waals surface area (Å²) < 4.78 is 0. The number of para-hydroxylation sites is 2. The first-order valence-corrected chi connectivity index (χ1v) is 42.3. The van der Waals surface area contributed by atoms with E-state index in [9.17, 15) is 97.5 Å². The number of thioether (sulfide) groups is 1. The van der Waals surface area contributed by atoms with E-state index in [-0.39, 0.29) is 76.6 Å². The SMILES string of the molecule is CCCC[C@H]1C(=O)N[C@@H](CC(N)=O)C(=O)N2CCC[C@H]2C(=O)N[C@@H](CO)C(=O)N[C@@H](CCO)C(=O)N2C[C@H](O)C[C@H]2C(=O)N[C@@H](Cc2c[nH]c3ccccc23)C(=O)N[C@@H](CO)C(=O)N[C@@H](Cc2c[nH]c3ccccc23)C(=O)N(C)[C@@H](C)C(=O)N(C)[C@@H](C)C(=O)N[C@@H](CCCN)C(=O)NC(C(=O)NCC(N)=O)CSCC(=O)N[C@@H](Cc2ccc(O)cc2)C(=O)N1C. The summed E-state index contributed by atoms with van der Waals surface area (Å²) in [5.74, 6) is -18.2. The lowest BCUT2D eigenvalue weighted by atomic mass is 10.0. The highest BCUT2D eigenvalue weighted by atomic mass is 32.2. The van der Waals surface area contributed by atoms with E-state index >= 15 is 9.59 Å². The van der Waals surface area contributed by atoms with E-state index in [4.69, 9.17) is 17.2 Å². The number of carbonyl (C=O) groups excluding carboxylic acids is 17. The number of fused-ring (bicyclic) bond motifs is 4. The number of aromatic amines is 2. The molecular weight excluding hydrogens is 1650 g/mol. The summed E-state index contributed by atoms with van der Waals surface area (Å²) in [6.07, 6.45) is -0.386. The standard InChI is InChI=1S/C82H114N20O22S/c1-7-8-20-63-75(117)94-59(34-66(84)108)82(124)101-28-14-21-64(101)76(118)96-61(40-105)73(115)91-55(26-29-103)81(123)102-38-49(107)33-65(102)77(119)92-56(31-46-35-86-52-17-11-9-15-50(46)52)72(114)95-60(39-104)74(116)93-58(32-47-36-87-53-18-12-10-16-51(47)53)79(121)99(5)44(3)78(120)98(4)43(2)69(111)90-54(19-13-27-83)71(113)97-62(70(112)88-37-67(85)109)41-125-42-68(110)89-57(80(122)100(63)6)30-45-22-24-48(106)25-23-45/h9-12,15-18,22-25,35-36,43-44,49,54-65,86-87,103-107H,7-8,13-14,19-21,26-34,37-42,83H2,1-6H3,(H2,84,108)(H2,85,109)(H,88,112)(H,89,110)(H,90,111)(H,91,115)(H,92,119)(H,93,116)(H,94,117)(H,95,114)(H,96,118)(H,97,113)/t43-,44-,49+,54-,55-,56-,57-,58-,59-,60-,61-,62?,63-,64-,65-/m0/s1. The van der Waals surface area contributed by atoms with Crippen molar-refractivity contribution in [1.82, 2.24) is 87.6 Å². The molecule has 3 aliphatic heterocycles. The van der Waals surface area contributed by atoms with E-state index < -0.39 is 255 Å². The Morgan fingerprint density at radius 2 is 1.04 bits per heavy atom. The van der Waals surface area contributed by atoms with Crippen molar-refractivity contribution in [2.24, 2.45) is 17.2 Å². The zero-order chi connectivity index (χ0) is 91.6. The molecule has 3 aliphatic rings. The fourth-order valence-corrected chi connectivity index (χ4v) is 15.9. The number of benzene rings is 3. The smallest absolute Gasteiger partial charge is 0.246 e. The second-order valence-electron chi connectivity index (χ2n) is 31.2. The van der Waals surface area contributed by atoms with Crippen LogP contribution in [0.1, 0.15) is 102 Å². The van der Waals surface area contributed by atoms with Gasteiger partial charge < -0.3 is 130 Å². The molecule has 15 atom stereocenters. The Bertz CT molecular complexity index is 4720. The predicted molar refractivity (Wildman–Crippen MR) is 452 cm³/mol. The molecule has 23 N–H and O–H groups in total. The minimum Gasteiger partial charge on any atom is -0.508 e. The summed E-state index contributed by atoms with van der Waals surface area (Å²) in [5.41, 5.74) is 19.5. The molecule has 2 aromatic heterocycles. The van der Waals surface area contributed by atoms with Gasteiger partial charge in [-0.2, -0.15) is 0 Å². The topological polar surface area (TPSA) is 637 Å². The summed E-state index contributed by atoms with van der Waals surface area (Å²) in [7, 11) is 3.74. The third kappa shape index (κ3) is 26.4. The first-order valence-electron chi connectivity index (χ1n) is 41.2. The molecule has 5 heterocycles. The van der Waals surface area contributed by atoms with Gasteiger partial charge in [0.15, 0.2) is 0 Å². The van der Waals surface area contributed by atoms with E-state index in [2.05, 4.69) is 63.1 Å². The van der Waals surface area contributed by atoms with Crippen LogP contribution >= 0.6 is 11.8 Å². The van der Waals surface area contributed by atoms with Gasteiger partial charge in [0, 0.05) is 106 Å². The van der Waals surface area contributed by atoms with Crippen molar-refractivity contribution in [2.45, 2.75) is 195 Å². The molecule has 43 heteroatoms. The minimum atomic E-state index is -1.90. The molecule has 0 aliphatic carbocycles. The molecule has 0 saturated carbocycles. The van der Waals surface area contributed by atoms with E-state index in [0.717, 1.165) is 36.3 Å². The Labute approximate surface area is 723 Å². The van der Waals surface area contributed by atoms with Crippen LogP contribution in [0, 0.1) is 0 Å². The number of aliphatic hydroxyl groups is 4. The number of phenols is 1. The van der Waals surface area contributed by atoms with Crippen LogP contribution in [0.25, 0.3) is 21.8 Å². The summed E-state index contributed by atoms with van der Waals surface area (Å²) in [6.45, 7) is -0.0771. The zero-order valence-electron chi connectivity index (χ0n) is 70.4. The monoisotopic (exact) mass is 1760 g/mol. The Balaban J connectivity index is 1.14. The normalized spacial score (nSPS) is 25.8. The van der Waals surface area contributed by atoms with Gasteiger partial charge in [-0.1, -0.05) is 68.3 Å². The maximum Gasteiger partial charge on any atom is 0.246 e.